The molecule has 0 atom stereocenters. The lowest BCUT2D eigenvalue weighted by Gasteiger charge is -2.26. The zero-order valence-electron chi connectivity index (χ0n) is 19.8. The number of hydrogen-bond acceptors (Lipinski definition) is 2. The number of fused-ring (bicyclic) bond motifs is 6. The minimum atomic E-state index is -0.196. The molecule has 1 aliphatic carbocycles. The summed E-state index contributed by atoms with van der Waals surface area (Å²) >= 11 is 0. The van der Waals surface area contributed by atoms with Gasteiger partial charge in [0.05, 0.1) is 0 Å². The van der Waals surface area contributed by atoms with Gasteiger partial charge in [-0.3, -0.25) is 0 Å². The van der Waals surface area contributed by atoms with Gasteiger partial charge in [0.25, 0.3) is 0 Å². The number of rotatable bonds is 2. The normalized spacial score (nSPS) is 13.8. The Bertz CT molecular complexity index is 1770. The highest BCUT2D eigenvalue weighted by molar-refractivity contribution is 6.12. The Kier molecular flexibility index (Phi) is 4.08. The predicted octanol–water partition coefficient (Wildman–Crippen LogP) is 8.81. The number of anilines is 1. The smallest absolute Gasteiger partial charge is 0.143 e. The summed E-state index contributed by atoms with van der Waals surface area (Å²) in [5.41, 5.74) is 18.9. The first-order chi connectivity index (χ1) is 17.1. The van der Waals surface area contributed by atoms with Gasteiger partial charge < -0.3 is 10.2 Å². The number of hydrogen-bond donors (Lipinski definition) is 1. The maximum Gasteiger partial charge on any atom is 0.143 e. The molecule has 168 valence electrons. The highest BCUT2D eigenvalue weighted by Gasteiger charge is 2.39. The minimum Gasteiger partial charge on any atom is -0.455 e. The minimum absolute atomic E-state index is 0.196. The third kappa shape index (κ3) is 2.71. The van der Waals surface area contributed by atoms with Crippen molar-refractivity contribution in [3.05, 3.63) is 114 Å². The lowest BCUT2D eigenvalue weighted by atomic mass is 9.77. The van der Waals surface area contributed by atoms with Gasteiger partial charge >= 0.3 is 0 Å². The molecule has 1 aliphatic rings. The molecule has 1 aromatic heterocycles. The molecule has 35 heavy (non-hydrogen) atoms. The SMILES string of the molecule is CC1(C)c2ccccc2-c2cc(-c3ccccc3)c(N)c(-c3cccc4c3oc3ccccc34)c21. The summed E-state index contributed by atoms with van der Waals surface area (Å²) in [5, 5.41) is 2.24. The fourth-order valence-electron chi connectivity index (χ4n) is 6.04. The summed E-state index contributed by atoms with van der Waals surface area (Å²) < 4.78 is 6.49. The van der Waals surface area contributed by atoms with E-state index in [1.165, 1.54) is 22.3 Å². The van der Waals surface area contributed by atoms with E-state index in [9.17, 15) is 0 Å². The molecule has 0 amide bonds. The maximum atomic E-state index is 7.12. The summed E-state index contributed by atoms with van der Waals surface area (Å²) in [7, 11) is 0. The molecule has 2 nitrogen and oxygen atoms in total. The first-order valence-corrected chi connectivity index (χ1v) is 12.1. The van der Waals surface area contributed by atoms with Gasteiger partial charge in [0.1, 0.15) is 11.2 Å². The zero-order valence-corrected chi connectivity index (χ0v) is 19.8. The average Bonchev–Trinajstić information content (AvgIpc) is 3.38. The van der Waals surface area contributed by atoms with Gasteiger partial charge in [0, 0.05) is 38.6 Å². The Balaban J connectivity index is 1.65. The van der Waals surface area contributed by atoms with E-state index in [0.29, 0.717) is 0 Å². The Morgan fingerprint density at radius 1 is 0.629 bits per heavy atom. The molecule has 2 heteroatoms. The second kappa shape index (κ2) is 7.10. The molecule has 0 radical (unpaired) electrons. The molecule has 0 saturated carbocycles. The quantitative estimate of drug-likeness (QED) is 0.267. The van der Waals surface area contributed by atoms with Crippen LogP contribution in [-0.2, 0) is 5.41 Å². The molecule has 6 aromatic rings. The van der Waals surface area contributed by atoms with Gasteiger partial charge in [-0.25, -0.2) is 0 Å². The summed E-state index contributed by atoms with van der Waals surface area (Å²) in [4.78, 5) is 0. The van der Waals surface area contributed by atoms with Crippen LogP contribution in [0, 0.1) is 0 Å². The Morgan fingerprint density at radius 2 is 1.31 bits per heavy atom. The number of nitrogens with two attached hydrogens (primary N) is 1. The first kappa shape index (κ1) is 20.1. The van der Waals surface area contributed by atoms with Crippen LogP contribution in [0.15, 0.2) is 108 Å². The molecule has 0 bridgehead atoms. The van der Waals surface area contributed by atoms with Crippen LogP contribution in [0.5, 0.6) is 0 Å². The van der Waals surface area contributed by atoms with E-state index >= 15 is 0 Å². The van der Waals surface area contributed by atoms with E-state index < -0.39 is 0 Å². The monoisotopic (exact) mass is 451 g/mol. The van der Waals surface area contributed by atoms with Gasteiger partial charge in [-0.1, -0.05) is 105 Å². The fourth-order valence-corrected chi connectivity index (χ4v) is 6.04. The Hall–Kier alpha value is -4.30. The van der Waals surface area contributed by atoms with Crippen molar-refractivity contribution in [2.45, 2.75) is 19.3 Å². The van der Waals surface area contributed by atoms with Crippen molar-refractivity contribution in [3.8, 4) is 33.4 Å². The average molecular weight is 452 g/mol. The topological polar surface area (TPSA) is 39.2 Å². The third-order valence-electron chi connectivity index (χ3n) is 7.64. The number of furan rings is 1. The molecule has 0 aliphatic heterocycles. The largest absolute Gasteiger partial charge is 0.455 e. The van der Waals surface area contributed by atoms with E-state index in [1.54, 1.807) is 0 Å². The highest BCUT2D eigenvalue weighted by Crippen LogP contribution is 2.56. The summed E-state index contributed by atoms with van der Waals surface area (Å²) in [5.74, 6) is 0. The lowest BCUT2D eigenvalue weighted by Crippen LogP contribution is -2.17. The molecule has 0 saturated heterocycles. The molecular weight excluding hydrogens is 426 g/mol. The van der Waals surface area contributed by atoms with Crippen molar-refractivity contribution >= 4 is 27.6 Å². The zero-order chi connectivity index (χ0) is 23.7. The Labute approximate surface area is 204 Å². The van der Waals surface area contributed by atoms with E-state index in [-0.39, 0.29) is 5.41 Å². The summed E-state index contributed by atoms with van der Waals surface area (Å²) in [6, 6.07) is 36.1. The van der Waals surface area contributed by atoms with Gasteiger partial charge in [0.15, 0.2) is 0 Å². The molecule has 5 aromatic carbocycles. The van der Waals surface area contributed by atoms with Gasteiger partial charge in [-0.15, -0.1) is 0 Å². The molecule has 2 N–H and O–H groups in total. The van der Waals surface area contributed by atoms with Crippen LogP contribution in [0.1, 0.15) is 25.0 Å². The van der Waals surface area contributed by atoms with Crippen molar-refractivity contribution in [2.75, 3.05) is 5.73 Å². The number of nitrogen functional groups attached to an aromatic ring is 1. The third-order valence-corrected chi connectivity index (χ3v) is 7.64. The molecular formula is C33H25NO. The number of benzene rings is 5. The van der Waals surface area contributed by atoms with Crippen molar-refractivity contribution in [1.29, 1.82) is 0 Å². The summed E-state index contributed by atoms with van der Waals surface area (Å²) in [6.45, 7) is 4.61. The van der Waals surface area contributed by atoms with Crippen LogP contribution in [-0.4, -0.2) is 0 Å². The standard InChI is InChI=1S/C33H25NO/c1-33(2)27-17-8-6-13-21(27)26-19-25(20-11-4-3-5-12-20)31(34)29(30(26)33)24-16-10-15-23-22-14-7-9-18-28(22)35-32(23)24/h3-19H,34H2,1-2H3. The highest BCUT2D eigenvalue weighted by atomic mass is 16.3. The maximum absolute atomic E-state index is 7.12. The Morgan fingerprint density at radius 3 is 2.17 bits per heavy atom. The lowest BCUT2D eigenvalue weighted by molar-refractivity contribution is 0.659. The van der Waals surface area contributed by atoms with E-state index in [1.807, 2.05) is 18.2 Å². The molecule has 1 heterocycles. The molecule has 0 unspecified atom stereocenters. The number of para-hydroxylation sites is 2. The van der Waals surface area contributed by atoms with Crippen LogP contribution in [0.25, 0.3) is 55.3 Å². The van der Waals surface area contributed by atoms with Crippen LogP contribution in [0.4, 0.5) is 5.69 Å². The van der Waals surface area contributed by atoms with Gasteiger partial charge in [-0.2, -0.15) is 0 Å². The summed E-state index contributed by atoms with van der Waals surface area (Å²) in [6.07, 6.45) is 0. The first-order valence-electron chi connectivity index (χ1n) is 12.1. The van der Waals surface area contributed by atoms with E-state index in [0.717, 1.165) is 49.9 Å². The van der Waals surface area contributed by atoms with Gasteiger partial charge in [0.2, 0.25) is 0 Å². The van der Waals surface area contributed by atoms with Crippen molar-refractivity contribution in [3.63, 3.8) is 0 Å². The van der Waals surface area contributed by atoms with Crippen molar-refractivity contribution in [2.24, 2.45) is 0 Å². The molecule has 0 spiro atoms. The van der Waals surface area contributed by atoms with Crippen LogP contribution >= 0.6 is 0 Å². The van der Waals surface area contributed by atoms with Crippen LogP contribution in [0.3, 0.4) is 0 Å². The predicted molar refractivity (Wildman–Crippen MR) is 147 cm³/mol. The molecule has 7 rings (SSSR count). The van der Waals surface area contributed by atoms with Crippen LogP contribution < -0.4 is 5.73 Å². The van der Waals surface area contributed by atoms with Crippen molar-refractivity contribution < 1.29 is 4.42 Å². The van der Waals surface area contributed by atoms with Crippen LogP contribution in [0.2, 0.25) is 0 Å². The second-order valence-corrected chi connectivity index (χ2v) is 9.95. The van der Waals surface area contributed by atoms with E-state index in [2.05, 4.69) is 98.8 Å². The molecule has 0 fully saturated rings. The van der Waals surface area contributed by atoms with Gasteiger partial charge in [-0.05, 0) is 39.9 Å². The van der Waals surface area contributed by atoms with Crippen molar-refractivity contribution in [1.82, 2.24) is 0 Å². The van der Waals surface area contributed by atoms with E-state index in [4.69, 9.17) is 10.2 Å². The fraction of sp³-hybridized carbons (Fsp3) is 0.0909. The second-order valence-electron chi connectivity index (χ2n) is 9.95.